The van der Waals surface area contributed by atoms with Gasteiger partial charge >= 0.3 is 12.1 Å². The number of nitrogens with one attached hydrogen (secondary N) is 1. The van der Waals surface area contributed by atoms with Crippen LogP contribution in [0.3, 0.4) is 0 Å². The zero-order chi connectivity index (χ0) is 30.2. The highest BCUT2D eigenvalue weighted by atomic mass is 16.6. The number of hydrogen-bond acceptors (Lipinski definition) is 7. The van der Waals surface area contributed by atoms with Gasteiger partial charge in [-0.15, -0.1) is 0 Å². The fraction of sp³-hybridized carbons (Fsp3) is 0.455. The van der Waals surface area contributed by atoms with Crippen LogP contribution in [0.5, 0.6) is 5.75 Å². The standard InChI is InChI=1S/C33H44N2O6/c1-22(18-19-34)39-21-33(5,6)40-29-17-16-25(26-10-8-9-11-27(26)29)23-12-14-24(15-13-23)28(20-30(36)38-7)35-31(37)41-32(2,3)4/h8-17,22,28H,18-21,34H2,1-7H3,(H,35,37). The Morgan fingerprint density at radius 3 is 2.20 bits per heavy atom. The summed E-state index contributed by atoms with van der Waals surface area (Å²) in [5.41, 5.74) is 7.24. The number of alkyl carbamates (subject to hydrolysis) is 1. The van der Waals surface area contributed by atoms with Crippen LogP contribution in [-0.4, -0.2) is 49.6 Å². The molecule has 0 heterocycles. The Morgan fingerprint density at radius 1 is 0.927 bits per heavy atom. The zero-order valence-electron chi connectivity index (χ0n) is 25.3. The number of amides is 1. The lowest BCUT2D eigenvalue weighted by molar-refractivity contribution is -0.141. The summed E-state index contributed by atoms with van der Waals surface area (Å²) in [7, 11) is 1.32. The molecule has 0 saturated carbocycles. The van der Waals surface area contributed by atoms with Crippen LogP contribution in [0.2, 0.25) is 0 Å². The predicted molar refractivity (Wildman–Crippen MR) is 162 cm³/mol. The lowest BCUT2D eigenvalue weighted by Crippen LogP contribution is -2.36. The number of methoxy groups -OCH3 is 1. The highest BCUT2D eigenvalue weighted by molar-refractivity contribution is 6.00. The van der Waals surface area contributed by atoms with Crippen molar-refractivity contribution in [1.29, 1.82) is 0 Å². The minimum atomic E-state index is -0.661. The van der Waals surface area contributed by atoms with Gasteiger partial charge in [-0.2, -0.15) is 0 Å². The Morgan fingerprint density at radius 2 is 1.59 bits per heavy atom. The minimum Gasteiger partial charge on any atom is -0.485 e. The molecule has 2 atom stereocenters. The average Bonchev–Trinajstić information content (AvgIpc) is 2.91. The Labute approximate surface area is 243 Å². The summed E-state index contributed by atoms with van der Waals surface area (Å²) in [5.74, 6) is 0.347. The second kappa shape index (κ2) is 13.8. The predicted octanol–water partition coefficient (Wildman–Crippen LogP) is 6.55. The summed E-state index contributed by atoms with van der Waals surface area (Å²) in [6, 6.07) is 19.3. The van der Waals surface area contributed by atoms with E-state index in [0.29, 0.717) is 13.2 Å². The quantitative estimate of drug-likeness (QED) is 0.240. The molecular formula is C33H44N2O6. The van der Waals surface area contributed by atoms with E-state index < -0.39 is 29.3 Å². The third kappa shape index (κ3) is 9.47. The van der Waals surface area contributed by atoms with Crippen LogP contribution in [0.15, 0.2) is 60.7 Å². The van der Waals surface area contributed by atoms with Crippen LogP contribution in [0.4, 0.5) is 4.79 Å². The topological polar surface area (TPSA) is 109 Å². The molecule has 0 spiro atoms. The summed E-state index contributed by atoms with van der Waals surface area (Å²) in [6.07, 6.45) is 0.248. The third-order valence-electron chi connectivity index (χ3n) is 6.47. The van der Waals surface area contributed by atoms with E-state index in [4.69, 9.17) is 24.7 Å². The first-order chi connectivity index (χ1) is 19.3. The molecule has 3 N–H and O–H groups in total. The number of ether oxygens (including phenoxy) is 4. The maximum atomic E-state index is 12.5. The highest BCUT2D eigenvalue weighted by Crippen LogP contribution is 2.36. The molecule has 3 aromatic rings. The zero-order valence-corrected chi connectivity index (χ0v) is 25.3. The number of nitrogens with two attached hydrogens (primary N) is 1. The maximum Gasteiger partial charge on any atom is 0.408 e. The van der Waals surface area contributed by atoms with E-state index in [9.17, 15) is 9.59 Å². The van der Waals surface area contributed by atoms with Crippen LogP contribution in [0.25, 0.3) is 21.9 Å². The molecule has 41 heavy (non-hydrogen) atoms. The highest BCUT2D eigenvalue weighted by Gasteiger charge is 2.25. The number of rotatable bonds is 12. The molecule has 2 unspecified atom stereocenters. The van der Waals surface area contributed by atoms with E-state index >= 15 is 0 Å². The smallest absolute Gasteiger partial charge is 0.408 e. The van der Waals surface area contributed by atoms with Gasteiger partial charge in [0.15, 0.2) is 0 Å². The lowest BCUT2D eigenvalue weighted by atomic mass is 9.95. The molecule has 222 valence electrons. The molecule has 0 saturated heterocycles. The van der Waals surface area contributed by atoms with Crippen molar-refractivity contribution in [2.45, 2.75) is 77.7 Å². The van der Waals surface area contributed by atoms with Crippen molar-refractivity contribution in [2.24, 2.45) is 5.73 Å². The molecular weight excluding hydrogens is 520 g/mol. The number of carbonyl (C=O) groups is 2. The summed E-state index contributed by atoms with van der Waals surface area (Å²) in [6.45, 7) is 12.4. The van der Waals surface area contributed by atoms with Gasteiger partial charge in [0.25, 0.3) is 0 Å². The summed E-state index contributed by atoms with van der Waals surface area (Å²) >= 11 is 0. The van der Waals surface area contributed by atoms with Crippen LogP contribution < -0.4 is 15.8 Å². The molecule has 0 radical (unpaired) electrons. The third-order valence-corrected chi connectivity index (χ3v) is 6.47. The van der Waals surface area contributed by atoms with Crippen molar-refractivity contribution >= 4 is 22.8 Å². The monoisotopic (exact) mass is 564 g/mol. The van der Waals surface area contributed by atoms with Crippen molar-refractivity contribution in [3.63, 3.8) is 0 Å². The molecule has 0 aromatic heterocycles. The first-order valence-electron chi connectivity index (χ1n) is 14.0. The Hall–Kier alpha value is -3.62. The number of hydrogen-bond donors (Lipinski definition) is 2. The van der Waals surface area contributed by atoms with Crippen molar-refractivity contribution < 1.29 is 28.5 Å². The molecule has 3 aromatic carbocycles. The molecule has 8 nitrogen and oxygen atoms in total. The van der Waals surface area contributed by atoms with Gasteiger partial charge < -0.3 is 30.0 Å². The first-order valence-corrected chi connectivity index (χ1v) is 14.0. The number of esters is 1. The summed E-state index contributed by atoms with van der Waals surface area (Å²) < 4.78 is 22.7. The van der Waals surface area contributed by atoms with Gasteiger partial charge in [0.2, 0.25) is 0 Å². The SMILES string of the molecule is COC(=O)CC(NC(=O)OC(C)(C)C)c1ccc(-c2ccc(OC(C)(C)COC(C)CCN)c3ccccc23)cc1. The molecule has 0 aliphatic rings. The van der Waals surface area contributed by atoms with Gasteiger partial charge in [0.05, 0.1) is 32.3 Å². The van der Waals surface area contributed by atoms with Crippen molar-refractivity contribution in [2.75, 3.05) is 20.3 Å². The largest absolute Gasteiger partial charge is 0.485 e. The Bertz CT molecular complexity index is 1310. The lowest BCUT2D eigenvalue weighted by Gasteiger charge is -2.29. The summed E-state index contributed by atoms with van der Waals surface area (Å²) in [5, 5.41) is 4.84. The molecule has 8 heteroatoms. The fourth-order valence-corrected chi connectivity index (χ4v) is 4.45. The molecule has 1 amide bonds. The fourth-order valence-electron chi connectivity index (χ4n) is 4.45. The Balaban J connectivity index is 1.87. The number of carbonyl (C=O) groups excluding carboxylic acids is 2. The van der Waals surface area contributed by atoms with Crippen LogP contribution in [-0.2, 0) is 19.0 Å². The van der Waals surface area contributed by atoms with Crippen molar-refractivity contribution in [1.82, 2.24) is 5.32 Å². The van der Waals surface area contributed by atoms with Crippen LogP contribution in [0.1, 0.15) is 66.0 Å². The van der Waals surface area contributed by atoms with E-state index in [1.165, 1.54) is 7.11 Å². The first kappa shape index (κ1) is 31.9. The van der Waals surface area contributed by atoms with E-state index in [1.807, 2.05) is 75.4 Å². The molecule has 0 fully saturated rings. The molecule has 0 aliphatic carbocycles. The maximum absolute atomic E-state index is 12.5. The van der Waals surface area contributed by atoms with E-state index in [2.05, 4.69) is 11.4 Å². The van der Waals surface area contributed by atoms with Gasteiger partial charge in [-0.1, -0.05) is 54.6 Å². The second-order valence-corrected chi connectivity index (χ2v) is 11.8. The van der Waals surface area contributed by atoms with Gasteiger partial charge in [-0.3, -0.25) is 4.79 Å². The van der Waals surface area contributed by atoms with E-state index in [-0.39, 0.29) is 12.5 Å². The molecule has 0 bridgehead atoms. The van der Waals surface area contributed by atoms with E-state index in [0.717, 1.165) is 39.6 Å². The van der Waals surface area contributed by atoms with E-state index in [1.54, 1.807) is 20.8 Å². The Kier molecular flexibility index (Phi) is 10.8. The number of benzene rings is 3. The van der Waals surface area contributed by atoms with Gasteiger partial charge in [0.1, 0.15) is 17.0 Å². The van der Waals surface area contributed by atoms with Crippen molar-refractivity contribution in [3.05, 3.63) is 66.2 Å². The second-order valence-electron chi connectivity index (χ2n) is 11.8. The van der Waals surface area contributed by atoms with Gasteiger partial charge in [-0.25, -0.2) is 4.79 Å². The molecule has 3 rings (SSSR count). The minimum absolute atomic E-state index is 0.0193. The molecule has 0 aliphatic heterocycles. The normalized spacial score (nSPS) is 13.4. The average molecular weight is 565 g/mol. The van der Waals surface area contributed by atoms with Crippen molar-refractivity contribution in [3.8, 4) is 16.9 Å². The van der Waals surface area contributed by atoms with Gasteiger partial charge in [-0.05, 0) is 82.7 Å². The summed E-state index contributed by atoms with van der Waals surface area (Å²) in [4.78, 5) is 24.6. The number of fused-ring (bicyclic) bond motifs is 1. The van der Waals surface area contributed by atoms with Crippen LogP contribution in [0, 0.1) is 0 Å². The van der Waals surface area contributed by atoms with Gasteiger partial charge in [0, 0.05) is 5.39 Å². The van der Waals surface area contributed by atoms with Crippen LogP contribution >= 0.6 is 0 Å².